The summed E-state index contributed by atoms with van der Waals surface area (Å²) in [7, 11) is 0. The van der Waals surface area contributed by atoms with Crippen molar-refractivity contribution in [1.82, 2.24) is 5.32 Å². The fraction of sp³-hybridized carbons (Fsp3) is 0.125. The zero-order valence-electron chi connectivity index (χ0n) is 17.9. The lowest BCUT2D eigenvalue weighted by molar-refractivity contribution is -0.135. The van der Waals surface area contributed by atoms with E-state index < -0.39 is 30.2 Å². The predicted octanol–water partition coefficient (Wildman–Crippen LogP) is 5.21. The van der Waals surface area contributed by atoms with E-state index in [1.54, 1.807) is 12.1 Å². The predicted molar refractivity (Wildman–Crippen MR) is 125 cm³/mol. The second-order valence-corrected chi connectivity index (χ2v) is 7.95. The molecule has 3 aromatic carbocycles. The third-order valence-corrected chi connectivity index (χ3v) is 5.17. The number of carboxylic acid groups (broad SMARTS) is 1. The zero-order valence-corrected chi connectivity index (χ0v) is 19.4. The van der Waals surface area contributed by atoms with Crippen LogP contribution in [-0.2, 0) is 16.0 Å². The van der Waals surface area contributed by atoms with E-state index in [-0.39, 0.29) is 51.4 Å². The fourth-order valence-electron chi connectivity index (χ4n) is 2.95. The molecule has 35 heavy (non-hydrogen) atoms. The van der Waals surface area contributed by atoms with Crippen molar-refractivity contribution in [3.8, 4) is 17.2 Å². The number of aromatic hydroxyl groups is 1. The first-order valence-electron chi connectivity index (χ1n) is 10.1. The smallest absolute Gasteiger partial charge is 0.407 e. The quantitative estimate of drug-likeness (QED) is 0.330. The van der Waals surface area contributed by atoms with E-state index in [4.69, 9.17) is 37.8 Å². The molecule has 0 aromatic heterocycles. The molecule has 0 saturated heterocycles. The number of benzene rings is 3. The van der Waals surface area contributed by atoms with Crippen molar-refractivity contribution in [3.05, 3.63) is 87.2 Å². The van der Waals surface area contributed by atoms with Crippen LogP contribution in [0.2, 0.25) is 10.0 Å². The second-order valence-electron chi connectivity index (χ2n) is 7.14. The van der Waals surface area contributed by atoms with Crippen molar-refractivity contribution in [3.63, 3.8) is 0 Å². The molecule has 1 amide bonds. The van der Waals surface area contributed by atoms with Crippen LogP contribution in [0.15, 0.2) is 54.6 Å². The second kappa shape index (κ2) is 11.5. The van der Waals surface area contributed by atoms with Crippen LogP contribution >= 0.6 is 23.2 Å². The van der Waals surface area contributed by atoms with Crippen molar-refractivity contribution in [2.45, 2.75) is 6.42 Å². The average Bonchev–Trinajstić information content (AvgIpc) is 2.81. The summed E-state index contributed by atoms with van der Waals surface area (Å²) >= 11 is 12.6. The highest BCUT2D eigenvalue weighted by molar-refractivity contribution is 6.37. The minimum Gasteiger partial charge on any atom is -0.507 e. The summed E-state index contributed by atoms with van der Waals surface area (Å²) in [4.78, 5) is 34.6. The van der Waals surface area contributed by atoms with E-state index in [9.17, 15) is 23.9 Å². The third kappa shape index (κ3) is 7.08. The summed E-state index contributed by atoms with van der Waals surface area (Å²) in [6.45, 7) is -0.609. The van der Waals surface area contributed by atoms with Crippen molar-refractivity contribution in [2.75, 3.05) is 13.2 Å². The first-order valence-corrected chi connectivity index (χ1v) is 10.8. The molecule has 0 aliphatic rings. The van der Waals surface area contributed by atoms with Gasteiger partial charge in [0.2, 0.25) is 0 Å². The molecule has 0 bridgehead atoms. The minimum absolute atomic E-state index is 0.0505. The van der Waals surface area contributed by atoms with Crippen molar-refractivity contribution < 1.29 is 38.5 Å². The van der Waals surface area contributed by atoms with Gasteiger partial charge in [0.25, 0.3) is 0 Å². The normalized spacial score (nSPS) is 10.5. The Hall–Kier alpha value is -3.82. The lowest BCUT2D eigenvalue weighted by atomic mass is 10.0. The minimum atomic E-state index is -1.20. The number of rotatable bonds is 9. The lowest BCUT2D eigenvalue weighted by Crippen LogP contribution is -2.30. The molecule has 3 rings (SSSR count). The van der Waals surface area contributed by atoms with Gasteiger partial charge < -0.3 is 25.0 Å². The van der Waals surface area contributed by atoms with Gasteiger partial charge in [0, 0.05) is 12.0 Å². The Kier molecular flexibility index (Phi) is 8.51. The highest BCUT2D eigenvalue weighted by Gasteiger charge is 2.17. The number of ether oxygens (including phenoxy) is 2. The number of alkyl carbamates (subject to hydrolysis) is 1. The number of ketones is 1. The summed E-state index contributed by atoms with van der Waals surface area (Å²) in [5, 5.41) is 21.0. The number of amides is 1. The van der Waals surface area contributed by atoms with E-state index in [1.165, 1.54) is 30.3 Å². The van der Waals surface area contributed by atoms with Crippen LogP contribution < -0.4 is 10.1 Å². The monoisotopic (exact) mass is 521 g/mol. The zero-order chi connectivity index (χ0) is 25.5. The van der Waals surface area contributed by atoms with Gasteiger partial charge in [-0.2, -0.15) is 0 Å². The summed E-state index contributed by atoms with van der Waals surface area (Å²) in [5.41, 5.74) is 0.741. The number of hydrogen-bond acceptors (Lipinski definition) is 6. The molecule has 0 aliphatic carbocycles. The van der Waals surface area contributed by atoms with Gasteiger partial charge in [0.1, 0.15) is 23.9 Å². The van der Waals surface area contributed by atoms with E-state index >= 15 is 0 Å². The Morgan fingerprint density at radius 2 is 1.63 bits per heavy atom. The van der Waals surface area contributed by atoms with Crippen molar-refractivity contribution in [1.29, 1.82) is 0 Å². The Balaban J connectivity index is 1.70. The van der Waals surface area contributed by atoms with Gasteiger partial charge in [-0.25, -0.2) is 9.18 Å². The molecular weight excluding hydrogens is 504 g/mol. The van der Waals surface area contributed by atoms with Gasteiger partial charge in [-0.15, -0.1) is 0 Å². The molecule has 3 N–H and O–H groups in total. The molecule has 0 saturated carbocycles. The first-order chi connectivity index (χ1) is 16.6. The maximum Gasteiger partial charge on any atom is 0.407 e. The summed E-state index contributed by atoms with van der Waals surface area (Å²) in [6.07, 6.45) is -0.627. The molecule has 0 unspecified atom stereocenters. The van der Waals surface area contributed by atoms with Gasteiger partial charge in [-0.1, -0.05) is 23.2 Å². The Bertz CT molecular complexity index is 1240. The van der Waals surface area contributed by atoms with Gasteiger partial charge in [0.05, 0.1) is 22.2 Å². The summed E-state index contributed by atoms with van der Waals surface area (Å²) in [6, 6.07) is 12.0. The number of halogens is 3. The SMILES string of the molecule is O=C(O)CNC(=O)OCCc1cc(Cl)c(Oc2ccc(O)c(C(=O)c3ccc(F)cc3)c2)c(Cl)c1. The van der Waals surface area contributed by atoms with Crippen LogP contribution in [0.25, 0.3) is 0 Å². The molecule has 11 heteroatoms. The number of carbonyl (C=O) groups excluding carboxylic acids is 2. The van der Waals surface area contributed by atoms with Crippen molar-refractivity contribution in [2.24, 2.45) is 0 Å². The van der Waals surface area contributed by atoms with Gasteiger partial charge in [-0.3, -0.25) is 9.59 Å². The van der Waals surface area contributed by atoms with Crippen LogP contribution in [-0.4, -0.2) is 41.2 Å². The highest BCUT2D eigenvalue weighted by atomic mass is 35.5. The standard InChI is InChI=1S/C24H18Cl2FNO7/c25-18-9-13(7-8-34-24(33)28-12-21(30)31)10-19(26)23(18)35-16-5-6-20(29)17(11-16)22(32)14-1-3-15(27)4-2-14/h1-6,9-11,29H,7-8,12H2,(H,28,33)(H,30,31). The first kappa shape index (κ1) is 25.8. The van der Waals surface area contributed by atoms with E-state index in [0.29, 0.717) is 5.56 Å². The molecule has 0 fully saturated rings. The third-order valence-electron chi connectivity index (χ3n) is 4.60. The van der Waals surface area contributed by atoms with Crippen LogP contribution in [0.5, 0.6) is 17.2 Å². The molecule has 182 valence electrons. The molecular formula is C24H18Cl2FNO7. The number of carbonyl (C=O) groups is 3. The Morgan fingerprint density at radius 1 is 0.971 bits per heavy atom. The lowest BCUT2D eigenvalue weighted by Gasteiger charge is -2.13. The summed E-state index contributed by atoms with van der Waals surface area (Å²) in [5.74, 6) is -2.24. The average molecular weight is 522 g/mol. The van der Waals surface area contributed by atoms with E-state index in [1.807, 2.05) is 0 Å². The number of nitrogens with one attached hydrogen (secondary N) is 1. The van der Waals surface area contributed by atoms with Gasteiger partial charge in [0.15, 0.2) is 11.5 Å². The number of hydrogen-bond donors (Lipinski definition) is 3. The van der Waals surface area contributed by atoms with Gasteiger partial charge in [-0.05, 0) is 60.2 Å². The number of phenols is 1. The molecule has 0 spiro atoms. The maximum atomic E-state index is 13.2. The molecule has 3 aromatic rings. The van der Waals surface area contributed by atoms with Crippen LogP contribution in [0, 0.1) is 5.82 Å². The molecule has 0 radical (unpaired) electrons. The molecule has 0 aliphatic heterocycles. The van der Waals surface area contributed by atoms with Crippen LogP contribution in [0.4, 0.5) is 9.18 Å². The number of carboxylic acids is 1. The molecule has 0 heterocycles. The Morgan fingerprint density at radius 3 is 2.26 bits per heavy atom. The topological polar surface area (TPSA) is 122 Å². The van der Waals surface area contributed by atoms with E-state index in [0.717, 1.165) is 12.1 Å². The molecule has 0 atom stereocenters. The largest absolute Gasteiger partial charge is 0.507 e. The van der Waals surface area contributed by atoms with Crippen LogP contribution in [0.1, 0.15) is 21.5 Å². The maximum absolute atomic E-state index is 13.2. The molecule has 8 nitrogen and oxygen atoms in total. The highest BCUT2D eigenvalue weighted by Crippen LogP contribution is 2.38. The number of aliphatic carboxylic acids is 1. The number of phenolic OH excluding ortho intramolecular Hbond substituents is 1. The fourth-order valence-corrected chi connectivity index (χ4v) is 3.56. The van der Waals surface area contributed by atoms with E-state index in [2.05, 4.69) is 5.32 Å². The van der Waals surface area contributed by atoms with Crippen LogP contribution in [0.3, 0.4) is 0 Å². The Labute approximate surface area is 208 Å². The van der Waals surface area contributed by atoms with Crippen molar-refractivity contribution >= 4 is 41.0 Å². The summed E-state index contributed by atoms with van der Waals surface area (Å²) < 4.78 is 23.8. The van der Waals surface area contributed by atoms with Gasteiger partial charge >= 0.3 is 12.1 Å².